The number of carbonyl (C=O) groups is 1. The molecule has 1 aliphatic carbocycles. The standard InChI is InChI=1S/C18H29N3O4/c1-20(17(22)9-8-13-12-16(24-2)19-25-13)14-6-5-7-15(18(14)23)21-10-3-4-11-21/h12,14-15,18,23H,3-11H2,1-2H3/t14-,15-,18-/m1/s1. The quantitative estimate of drug-likeness (QED) is 0.836. The van der Waals surface area contributed by atoms with E-state index in [1.165, 1.54) is 20.0 Å². The van der Waals surface area contributed by atoms with E-state index in [9.17, 15) is 9.90 Å². The molecule has 0 spiro atoms. The Balaban J connectivity index is 1.54. The Morgan fingerprint density at radius 3 is 2.84 bits per heavy atom. The number of aliphatic hydroxyl groups excluding tert-OH is 1. The summed E-state index contributed by atoms with van der Waals surface area (Å²) in [6.45, 7) is 2.14. The van der Waals surface area contributed by atoms with Crippen LogP contribution in [0.2, 0.25) is 0 Å². The molecule has 140 valence electrons. The second-order valence-electron chi connectivity index (χ2n) is 7.14. The van der Waals surface area contributed by atoms with Gasteiger partial charge in [0.15, 0.2) is 0 Å². The van der Waals surface area contributed by atoms with Crippen molar-refractivity contribution in [1.29, 1.82) is 0 Å². The summed E-state index contributed by atoms with van der Waals surface area (Å²) in [7, 11) is 3.34. The maximum atomic E-state index is 12.6. The van der Waals surface area contributed by atoms with Crippen LogP contribution in [0, 0.1) is 0 Å². The molecule has 2 fully saturated rings. The molecular weight excluding hydrogens is 322 g/mol. The summed E-state index contributed by atoms with van der Waals surface area (Å²) in [6, 6.07) is 1.79. The molecular formula is C18H29N3O4. The molecule has 1 aromatic heterocycles. The zero-order valence-corrected chi connectivity index (χ0v) is 15.2. The molecule has 7 heteroatoms. The highest BCUT2D eigenvalue weighted by molar-refractivity contribution is 5.76. The lowest BCUT2D eigenvalue weighted by Gasteiger charge is -2.43. The molecule has 3 atom stereocenters. The smallest absolute Gasteiger partial charge is 0.254 e. The summed E-state index contributed by atoms with van der Waals surface area (Å²) in [6.07, 6.45) is 5.73. The van der Waals surface area contributed by atoms with Gasteiger partial charge in [-0.1, -0.05) is 0 Å². The molecule has 0 bridgehead atoms. The first-order valence-corrected chi connectivity index (χ1v) is 9.27. The molecule has 25 heavy (non-hydrogen) atoms. The first kappa shape index (κ1) is 18.2. The van der Waals surface area contributed by atoms with Gasteiger partial charge in [0.2, 0.25) is 5.91 Å². The summed E-state index contributed by atoms with van der Waals surface area (Å²) < 4.78 is 10.1. The molecule has 1 saturated carbocycles. The van der Waals surface area contributed by atoms with Gasteiger partial charge in [0.1, 0.15) is 5.76 Å². The Hall–Kier alpha value is -1.60. The van der Waals surface area contributed by atoms with Gasteiger partial charge in [0.25, 0.3) is 5.88 Å². The minimum Gasteiger partial charge on any atom is -0.479 e. The summed E-state index contributed by atoms with van der Waals surface area (Å²) in [5.41, 5.74) is 0. The van der Waals surface area contributed by atoms with Crippen LogP contribution in [0.15, 0.2) is 10.6 Å². The zero-order chi connectivity index (χ0) is 17.8. The number of rotatable bonds is 6. The number of ether oxygens (including phenoxy) is 1. The SMILES string of the molecule is COc1cc(CCC(=O)N(C)[C@@H]2CCC[C@@H](N3CCCC3)[C@@H]2O)on1. The minimum absolute atomic E-state index is 0.0292. The number of amides is 1. The molecule has 2 aliphatic rings. The van der Waals surface area contributed by atoms with Gasteiger partial charge in [0, 0.05) is 32.0 Å². The van der Waals surface area contributed by atoms with Crippen molar-refractivity contribution in [3.8, 4) is 5.88 Å². The van der Waals surface area contributed by atoms with Crippen molar-refractivity contribution < 1.29 is 19.2 Å². The van der Waals surface area contributed by atoms with E-state index >= 15 is 0 Å². The number of likely N-dealkylation sites (tertiary alicyclic amines) is 1. The van der Waals surface area contributed by atoms with Crippen LogP contribution < -0.4 is 4.74 Å². The molecule has 1 N–H and O–H groups in total. The predicted molar refractivity (Wildman–Crippen MR) is 92.4 cm³/mol. The van der Waals surface area contributed by atoms with Crippen LogP contribution in [-0.2, 0) is 11.2 Å². The largest absolute Gasteiger partial charge is 0.479 e. The van der Waals surface area contributed by atoms with Crippen molar-refractivity contribution in [3.63, 3.8) is 0 Å². The van der Waals surface area contributed by atoms with Gasteiger partial charge in [-0.3, -0.25) is 9.69 Å². The van der Waals surface area contributed by atoms with E-state index in [1.54, 1.807) is 11.0 Å². The Kier molecular flexibility index (Phi) is 5.96. The van der Waals surface area contributed by atoms with E-state index in [1.807, 2.05) is 7.05 Å². The van der Waals surface area contributed by atoms with Crippen LogP contribution in [0.25, 0.3) is 0 Å². The van der Waals surface area contributed by atoms with Gasteiger partial charge in [-0.15, -0.1) is 0 Å². The highest BCUT2D eigenvalue weighted by Crippen LogP contribution is 2.29. The van der Waals surface area contributed by atoms with Crippen LogP contribution in [-0.4, -0.2) is 71.4 Å². The van der Waals surface area contributed by atoms with E-state index in [0.717, 1.165) is 32.4 Å². The van der Waals surface area contributed by atoms with Crippen LogP contribution in [0.3, 0.4) is 0 Å². The highest BCUT2D eigenvalue weighted by atomic mass is 16.5. The summed E-state index contributed by atoms with van der Waals surface area (Å²) in [4.78, 5) is 16.7. The van der Waals surface area contributed by atoms with Gasteiger partial charge >= 0.3 is 0 Å². The van der Waals surface area contributed by atoms with E-state index in [4.69, 9.17) is 9.26 Å². The Bertz CT molecular complexity index is 570. The molecule has 1 saturated heterocycles. The first-order chi connectivity index (χ1) is 12.1. The Morgan fingerprint density at radius 2 is 2.16 bits per heavy atom. The fraction of sp³-hybridized carbons (Fsp3) is 0.778. The average Bonchev–Trinajstić information content (AvgIpc) is 3.31. The van der Waals surface area contributed by atoms with Gasteiger partial charge < -0.3 is 19.3 Å². The van der Waals surface area contributed by atoms with Crippen LogP contribution in [0.5, 0.6) is 5.88 Å². The molecule has 0 radical (unpaired) electrons. The highest BCUT2D eigenvalue weighted by Gasteiger charge is 2.39. The monoisotopic (exact) mass is 351 g/mol. The number of methoxy groups -OCH3 is 1. The van der Waals surface area contributed by atoms with Gasteiger partial charge in [0.05, 0.1) is 19.3 Å². The minimum atomic E-state index is -0.467. The normalized spacial score (nSPS) is 27.4. The number of nitrogens with zero attached hydrogens (tertiary/aromatic N) is 3. The van der Waals surface area contributed by atoms with Crippen molar-refractivity contribution in [2.75, 3.05) is 27.2 Å². The molecule has 0 aromatic carbocycles. The molecule has 1 aliphatic heterocycles. The topological polar surface area (TPSA) is 79.0 Å². The maximum Gasteiger partial charge on any atom is 0.254 e. The van der Waals surface area contributed by atoms with E-state index in [0.29, 0.717) is 24.5 Å². The molecule has 3 rings (SSSR count). The Labute approximate surface area is 148 Å². The van der Waals surface area contributed by atoms with Gasteiger partial charge in [-0.2, -0.15) is 0 Å². The number of carbonyl (C=O) groups excluding carboxylic acids is 1. The van der Waals surface area contributed by atoms with E-state index in [2.05, 4.69) is 10.1 Å². The maximum absolute atomic E-state index is 12.6. The Morgan fingerprint density at radius 1 is 1.40 bits per heavy atom. The van der Waals surface area contributed by atoms with Crippen molar-refractivity contribution in [2.45, 2.75) is 63.1 Å². The number of hydrogen-bond acceptors (Lipinski definition) is 6. The second-order valence-corrected chi connectivity index (χ2v) is 7.14. The third-order valence-corrected chi connectivity index (χ3v) is 5.62. The fourth-order valence-corrected chi connectivity index (χ4v) is 4.13. The molecule has 7 nitrogen and oxygen atoms in total. The number of aliphatic hydroxyl groups is 1. The lowest BCUT2D eigenvalue weighted by atomic mass is 9.86. The average molecular weight is 351 g/mol. The second kappa shape index (κ2) is 8.19. The van der Waals surface area contributed by atoms with Crippen LogP contribution in [0.1, 0.15) is 44.3 Å². The third-order valence-electron chi connectivity index (χ3n) is 5.62. The van der Waals surface area contributed by atoms with Crippen LogP contribution in [0.4, 0.5) is 0 Å². The van der Waals surface area contributed by atoms with Gasteiger partial charge in [-0.05, 0) is 50.4 Å². The first-order valence-electron chi connectivity index (χ1n) is 9.27. The lowest BCUT2D eigenvalue weighted by Crippen LogP contribution is -2.56. The summed E-state index contributed by atoms with van der Waals surface area (Å²) in [5, 5.41) is 14.6. The van der Waals surface area contributed by atoms with Crippen molar-refractivity contribution in [2.24, 2.45) is 0 Å². The fourth-order valence-electron chi connectivity index (χ4n) is 4.13. The number of hydrogen-bond donors (Lipinski definition) is 1. The zero-order valence-electron chi connectivity index (χ0n) is 15.2. The summed E-state index contributed by atoms with van der Waals surface area (Å²) in [5.74, 6) is 1.09. The number of aryl methyl sites for hydroxylation is 1. The van der Waals surface area contributed by atoms with E-state index < -0.39 is 6.10 Å². The van der Waals surface area contributed by atoms with E-state index in [-0.39, 0.29) is 18.0 Å². The lowest BCUT2D eigenvalue weighted by molar-refractivity contribution is -0.137. The van der Waals surface area contributed by atoms with Crippen LogP contribution >= 0.6 is 0 Å². The number of likely N-dealkylation sites (N-methyl/N-ethyl adjacent to an activating group) is 1. The van der Waals surface area contributed by atoms with Crippen molar-refractivity contribution in [1.82, 2.24) is 15.0 Å². The van der Waals surface area contributed by atoms with Crippen molar-refractivity contribution in [3.05, 3.63) is 11.8 Å². The summed E-state index contributed by atoms with van der Waals surface area (Å²) >= 11 is 0. The van der Waals surface area contributed by atoms with Gasteiger partial charge in [-0.25, -0.2) is 0 Å². The predicted octanol–water partition coefficient (Wildman–Crippen LogP) is 1.45. The number of aromatic nitrogens is 1. The molecule has 2 heterocycles. The molecule has 0 unspecified atom stereocenters. The molecule has 1 amide bonds. The van der Waals surface area contributed by atoms with Crippen molar-refractivity contribution >= 4 is 5.91 Å². The molecule has 1 aromatic rings. The third kappa shape index (κ3) is 4.15.